The van der Waals surface area contributed by atoms with Gasteiger partial charge in [0.15, 0.2) is 0 Å². The van der Waals surface area contributed by atoms with Gasteiger partial charge in [0.05, 0.1) is 12.6 Å². The highest BCUT2D eigenvalue weighted by Crippen LogP contribution is 2.27. The van der Waals surface area contributed by atoms with Crippen molar-refractivity contribution in [3.8, 4) is 0 Å². The van der Waals surface area contributed by atoms with Crippen LogP contribution in [-0.4, -0.2) is 46.2 Å². The van der Waals surface area contributed by atoms with Crippen LogP contribution in [-0.2, 0) is 16.1 Å². The third-order valence-electron chi connectivity index (χ3n) is 4.61. The Morgan fingerprint density at radius 2 is 1.77 bits per heavy atom. The van der Waals surface area contributed by atoms with Crippen LogP contribution in [0, 0.1) is 0 Å². The van der Waals surface area contributed by atoms with Gasteiger partial charge in [0.25, 0.3) is 0 Å². The maximum Gasteiger partial charge on any atom is 0.412 e. The maximum atomic E-state index is 12.7. The minimum absolute atomic E-state index is 0.0910. The summed E-state index contributed by atoms with van der Waals surface area (Å²) < 4.78 is 5.32. The lowest BCUT2D eigenvalue weighted by molar-refractivity contribution is -0.131. The van der Waals surface area contributed by atoms with E-state index in [1.807, 2.05) is 67.6 Å². The molecule has 6 heteroatoms. The molecule has 0 spiro atoms. The Labute approximate surface area is 152 Å². The first-order chi connectivity index (χ1) is 12.6. The van der Waals surface area contributed by atoms with Crippen LogP contribution in [0.5, 0.6) is 0 Å². The van der Waals surface area contributed by atoms with Crippen LogP contribution in [0.4, 0.5) is 4.79 Å². The second-order valence-corrected chi connectivity index (χ2v) is 6.24. The van der Waals surface area contributed by atoms with Crippen molar-refractivity contribution in [2.24, 2.45) is 0 Å². The lowest BCUT2D eigenvalue weighted by Gasteiger charge is -2.24. The molecule has 1 aliphatic heterocycles. The normalized spacial score (nSPS) is 18.1. The quantitative estimate of drug-likeness (QED) is 0.896. The molecule has 2 amide bonds. The molecule has 6 nitrogen and oxygen atoms in total. The highest BCUT2D eigenvalue weighted by atomic mass is 16.6. The molecule has 0 aliphatic carbocycles. The zero-order valence-corrected chi connectivity index (χ0v) is 14.6. The summed E-state index contributed by atoms with van der Waals surface area (Å²) in [7, 11) is 0. The van der Waals surface area contributed by atoms with Crippen molar-refractivity contribution >= 4 is 12.0 Å². The van der Waals surface area contributed by atoms with Crippen LogP contribution in [0.15, 0.2) is 60.7 Å². The van der Waals surface area contributed by atoms with Crippen LogP contribution in [0.25, 0.3) is 0 Å². The molecule has 2 unspecified atom stereocenters. The average Bonchev–Trinajstić information content (AvgIpc) is 3.03. The van der Waals surface area contributed by atoms with Gasteiger partial charge in [-0.25, -0.2) is 4.79 Å². The molecule has 2 atom stereocenters. The van der Waals surface area contributed by atoms with Crippen LogP contribution in [0.1, 0.15) is 24.1 Å². The number of carbonyl (C=O) groups is 2. The number of rotatable bonds is 5. The van der Waals surface area contributed by atoms with E-state index >= 15 is 0 Å². The molecule has 0 saturated carbocycles. The zero-order valence-electron chi connectivity index (χ0n) is 14.6. The van der Waals surface area contributed by atoms with E-state index in [0.29, 0.717) is 0 Å². The predicted octanol–water partition coefficient (Wildman–Crippen LogP) is 2.55. The average molecular weight is 354 g/mol. The maximum absolute atomic E-state index is 12.7. The van der Waals surface area contributed by atoms with E-state index in [1.165, 1.54) is 4.90 Å². The van der Waals surface area contributed by atoms with E-state index in [0.717, 1.165) is 11.1 Å². The molecule has 1 aliphatic rings. The lowest BCUT2D eigenvalue weighted by Crippen LogP contribution is -2.40. The number of carbonyl (C=O) groups excluding carboxylic acids is 2. The fraction of sp³-hybridized carbons (Fsp3) is 0.300. The van der Waals surface area contributed by atoms with Gasteiger partial charge in [0.1, 0.15) is 19.3 Å². The molecular weight excluding hydrogens is 332 g/mol. The SMILES string of the molecule is CC(c1ccccc1)N1CN(C(=O)OCc2ccccc2)C(CO)C1=O. The molecule has 26 heavy (non-hydrogen) atoms. The summed E-state index contributed by atoms with van der Waals surface area (Å²) in [4.78, 5) is 28.0. The van der Waals surface area contributed by atoms with Crippen LogP contribution >= 0.6 is 0 Å². The molecule has 1 N–H and O–H groups in total. The van der Waals surface area contributed by atoms with E-state index in [1.54, 1.807) is 4.90 Å². The highest BCUT2D eigenvalue weighted by Gasteiger charge is 2.43. The first-order valence-corrected chi connectivity index (χ1v) is 8.55. The first kappa shape index (κ1) is 17.9. The molecule has 1 heterocycles. The fourth-order valence-electron chi connectivity index (χ4n) is 3.05. The summed E-state index contributed by atoms with van der Waals surface area (Å²) in [5.41, 5.74) is 1.83. The van der Waals surface area contributed by atoms with Gasteiger partial charge >= 0.3 is 6.09 Å². The molecule has 2 aromatic rings. The van der Waals surface area contributed by atoms with E-state index in [2.05, 4.69) is 0 Å². The Morgan fingerprint density at radius 3 is 2.38 bits per heavy atom. The van der Waals surface area contributed by atoms with Crippen molar-refractivity contribution in [2.45, 2.75) is 25.6 Å². The number of aliphatic hydroxyl groups excluding tert-OH is 1. The van der Waals surface area contributed by atoms with Gasteiger partial charge in [-0.2, -0.15) is 0 Å². The van der Waals surface area contributed by atoms with Crippen molar-refractivity contribution in [1.82, 2.24) is 9.80 Å². The molecule has 0 aromatic heterocycles. The van der Waals surface area contributed by atoms with Crippen molar-refractivity contribution in [3.05, 3.63) is 71.8 Å². The summed E-state index contributed by atoms with van der Waals surface area (Å²) in [6.45, 7) is 1.68. The number of hydrogen-bond donors (Lipinski definition) is 1. The molecule has 1 saturated heterocycles. The van der Waals surface area contributed by atoms with E-state index in [4.69, 9.17) is 4.74 Å². The minimum atomic E-state index is -0.913. The zero-order chi connectivity index (χ0) is 18.5. The summed E-state index contributed by atoms with van der Waals surface area (Å²) >= 11 is 0. The predicted molar refractivity (Wildman–Crippen MR) is 95.9 cm³/mol. The van der Waals surface area contributed by atoms with Gasteiger partial charge in [-0.1, -0.05) is 60.7 Å². The molecule has 0 bridgehead atoms. The Morgan fingerprint density at radius 1 is 1.15 bits per heavy atom. The topological polar surface area (TPSA) is 70.1 Å². The van der Waals surface area contributed by atoms with Gasteiger partial charge in [0.2, 0.25) is 5.91 Å². The lowest BCUT2D eigenvalue weighted by atomic mass is 10.1. The number of amides is 2. The summed E-state index contributed by atoms with van der Waals surface area (Å²) in [6, 6.07) is 17.8. The second-order valence-electron chi connectivity index (χ2n) is 6.24. The standard InChI is InChI=1S/C20H22N2O4/c1-15(17-10-6-3-7-11-17)21-14-22(18(12-23)19(21)24)20(25)26-13-16-8-4-2-5-9-16/h2-11,15,18,23H,12-14H2,1H3. The van der Waals surface area contributed by atoms with Crippen LogP contribution in [0.2, 0.25) is 0 Å². The summed E-state index contributed by atoms with van der Waals surface area (Å²) in [6.07, 6.45) is -0.607. The smallest absolute Gasteiger partial charge is 0.412 e. The third-order valence-corrected chi connectivity index (χ3v) is 4.61. The first-order valence-electron chi connectivity index (χ1n) is 8.55. The summed E-state index contributed by atoms with van der Waals surface area (Å²) in [5, 5.41) is 9.61. The van der Waals surface area contributed by atoms with Gasteiger partial charge in [-0.05, 0) is 18.1 Å². The molecule has 1 fully saturated rings. The largest absolute Gasteiger partial charge is 0.444 e. The highest BCUT2D eigenvalue weighted by molar-refractivity contribution is 5.89. The number of nitrogens with zero attached hydrogens (tertiary/aromatic N) is 2. The minimum Gasteiger partial charge on any atom is -0.444 e. The third kappa shape index (κ3) is 3.70. The van der Waals surface area contributed by atoms with E-state index in [9.17, 15) is 14.7 Å². The second kappa shape index (κ2) is 8.01. The monoisotopic (exact) mass is 354 g/mol. The fourth-order valence-corrected chi connectivity index (χ4v) is 3.05. The van der Waals surface area contributed by atoms with Gasteiger partial charge in [-0.15, -0.1) is 0 Å². The van der Waals surface area contributed by atoms with Crippen molar-refractivity contribution in [2.75, 3.05) is 13.3 Å². The number of hydrogen-bond acceptors (Lipinski definition) is 4. The van der Waals surface area contributed by atoms with Gasteiger partial charge in [-0.3, -0.25) is 9.69 Å². The Bertz CT molecular complexity index is 751. The van der Waals surface area contributed by atoms with Crippen molar-refractivity contribution in [1.29, 1.82) is 0 Å². The molecule has 0 radical (unpaired) electrons. The molecule has 3 rings (SSSR count). The van der Waals surface area contributed by atoms with E-state index in [-0.39, 0.29) is 25.2 Å². The van der Waals surface area contributed by atoms with Crippen LogP contribution in [0.3, 0.4) is 0 Å². The van der Waals surface area contributed by atoms with Crippen molar-refractivity contribution < 1.29 is 19.4 Å². The number of aliphatic hydroxyl groups is 1. The van der Waals surface area contributed by atoms with Crippen LogP contribution < -0.4 is 0 Å². The Kier molecular flexibility index (Phi) is 5.53. The van der Waals surface area contributed by atoms with E-state index < -0.39 is 18.7 Å². The molecular formula is C20H22N2O4. The Hall–Kier alpha value is -2.86. The number of benzene rings is 2. The molecule has 136 valence electrons. The van der Waals surface area contributed by atoms with Crippen molar-refractivity contribution in [3.63, 3.8) is 0 Å². The molecule has 2 aromatic carbocycles. The summed E-state index contributed by atoms with van der Waals surface area (Å²) in [5.74, 6) is -0.277. The van der Waals surface area contributed by atoms with Gasteiger partial charge in [0, 0.05) is 0 Å². The van der Waals surface area contributed by atoms with Gasteiger partial charge < -0.3 is 14.7 Å². The number of ether oxygens (including phenoxy) is 1. The Balaban J connectivity index is 1.69.